The number of hydrogen-bond acceptors (Lipinski definition) is 2. The molecule has 0 atom stereocenters. The molecule has 0 aliphatic rings. The number of amides is 3. The number of alkyl halides is 3. The zero-order chi connectivity index (χ0) is 23.6. The van der Waals surface area contributed by atoms with Crippen LogP contribution < -0.4 is 15.5 Å². The lowest BCUT2D eigenvalue weighted by atomic mass is 10.2. The van der Waals surface area contributed by atoms with E-state index in [1.165, 1.54) is 41.3 Å². The molecule has 2 rings (SSSR count). The summed E-state index contributed by atoms with van der Waals surface area (Å²) in [7, 11) is 0. The zero-order valence-electron chi connectivity index (χ0n) is 17.8. The van der Waals surface area contributed by atoms with Crippen LogP contribution in [0.15, 0.2) is 48.5 Å². The molecule has 174 valence electrons. The highest BCUT2D eigenvalue weighted by Crippen LogP contribution is 2.30. The lowest BCUT2D eigenvalue weighted by Gasteiger charge is -2.23. The summed E-state index contributed by atoms with van der Waals surface area (Å²) in [5.74, 6) is -0.550. The summed E-state index contributed by atoms with van der Waals surface area (Å²) in [5.41, 5.74) is -0.513. The number of unbranched alkanes of at least 4 members (excludes halogenated alkanes) is 2. The lowest BCUT2D eigenvalue weighted by molar-refractivity contribution is -0.137. The van der Waals surface area contributed by atoms with Crippen molar-refractivity contribution in [1.82, 2.24) is 5.32 Å². The fourth-order valence-electron chi connectivity index (χ4n) is 3.02. The Hall–Kier alpha value is -3.10. The Labute approximate surface area is 184 Å². The number of nitrogens with one attached hydrogen (secondary N) is 2. The van der Waals surface area contributed by atoms with Crippen LogP contribution >= 0.6 is 0 Å². The Morgan fingerprint density at radius 2 is 1.72 bits per heavy atom. The van der Waals surface area contributed by atoms with Crippen molar-refractivity contribution in [1.29, 1.82) is 0 Å². The first-order chi connectivity index (χ1) is 15.2. The molecule has 0 saturated carbocycles. The molecule has 0 aliphatic carbocycles. The average molecular weight is 453 g/mol. The van der Waals surface area contributed by atoms with Gasteiger partial charge in [0.2, 0.25) is 5.91 Å². The van der Waals surface area contributed by atoms with Gasteiger partial charge in [-0.15, -0.1) is 0 Å². The SMILES string of the molecule is CCCCCC(=O)NCCCN(C(=O)Nc1cccc(C(F)(F)F)c1)c1ccc(F)cc1. The molecule has 32 heavy (non-hydrogen) atoms. The number of halogens is 4. The standard InChI is InChI=1S/C23H27F4N3O2/c1-2-3-4-9-21(31)28-14-6-15-30(20-12-10-18(24)11-13-20)22(32)29-19-8-5-7-17(16-19)23(25,26)27/h5,7-8,10-13,16H,2-4,6,9,14-15H2,1H3,(H,28,31)(H,29,32). The maximum Gasteiger partial charge on any atom is 0.416 e. The van der Waals surface area contributed by atoms with Gasteiger partial charge in [-0.25, -0.2) is 9.18 Å². The van der Waals surface area contributed by atoms with Gasteiger partial charge in [-0.3, -0.25) is 9.69 Å². The Morgan fingerprint density at radius 1 is 1.00 bits per heavy atom. The topological polar surface area (TPSA) is 61.4 Å². The van der Waals surface area contributed by atoms with Crippen molar-refractivity contribution in [3.63, 3.8) is 0 Å². The van der Waals surface area contributed by atoms with Crippen molar-refractivity contribution in [2.24, 2.45) is 0 Å². The van der Waals surface area contributed by atoms with Gasteiger partial charge in [-0.1, -0.05) is 25.8 Å². The van der Waals surface area contributed by atoms with Crippen LogP contribution in [0.5, 0.6) is 0 Å². The van der Waals surface area contributed by atoms with Crippen molar-refractivity contribution in [3.8, 4) is 0 Å². The number of carbonyl (C=O) groups excluding carboxylic acids is 2. The number of benzene rings is 2. The number of urea groups is 1. The van der Waals surface area contributed by atoms with Crippen LogP contribution in [0.25, 0.3) is 0 Å². The van der Waals surface area contributed by atoms with Crippen LogP contribution in [0.1, 0.15) is 44.6 Å². The highest BCUT2D eigenvalue weighted by atomic mass is 19.4. The Balaban J connectivity index is 2.03. The van der Waals surface area contributed by atoms with Crippen LogP contribution in [0.4, 0.5) is 33.7 Å². The maximum atomic E-state index is 13.3. The molecule has 5 nitrogen and oxygen atoms in total. The quantitative estimate of drug-likeness (QED) is 0.344. The van der Waals surface area contributed by atoms with Crippen LogP contribution in [0.3, 0.4) is 0 Å². The summed E-state index contributed by atoms with van der Waals surface area (Å²) in [6.45, 7) is 2.55. The molecule has 0 bridgehead atoms. The first kappa shape index (κ1) is 25.2. The third-order valence-electron chi connectivity index (χ3n) is 4.71. The number of anilines is 2. The van der Waals surface area contributed by atoms with Gasteiger partial charge in [0.05, 0.1) is 5.56 Å². The van der Waals surface area contributed by atoms with E-state index in [9.17, 15) is 27.2 Å². The minimum Gasteiger partial charge on any atom is -0.356 e. The molecule has 0 heterocycles. The van der Waals surface area contributed by atoms with Crippen molar-refractivity contribution >= 4 is 23.3 Å². The summed E-state index contributed by atoms with van der Waals surface area (Å²) in [6, 6.07) is 8.85. The van der Waals surface area contributed by atoms with E-state index in [1.807, 2.05) is 6.92 Å². The van der Waals surface area contributed by atoms with Crippen molar-refractivity contribution in [2.45, 2.75) is 45.2 Å². The van der Waals surface area contributed by atoms with Crippen molar-refractivity contribution < 1.29 is 27.2 Å². The van der Waals surface area contributed by atoms with E-state index in [-0.39, 0.29) is 18.1 Å². The molecule has 0 spiro atoms. The lowest BCUT2D eigenvalue weighted by Crippen LogP contribution is -2.37. The van der Waals surface area contributed by atoms with Gasteiger partial charge < -0.3 is 10.6 Å². The molecule has 9 heteroatoms. The maximum absolute atomic E-state index is 13.3. The molecule has 3 amide bonds. The zero-order valence-corrected chi connectivity index (χ0v) is 17.8. The van der Waals surface area contributed by atoms with Gasteiger partial charge in [0.15, 0.2) is 0 Å². The number of rotatable bonds is 10. The van der Waals surface area contributed by atoms with Crippen LogP contribution in [0.2, 0.25) is 0 Å². The second-order valence-corrected chi connectivity index (χ2v) is 7.30. The minimum atomic E-state index is -4.54. The normalized spacial score (nSPS) is 11.2. The summed E-state index contributed by atoms with van der Waals surface area (Å²) in [4.78, 5) is 25.9. The van der Waals surface area contributed by atoms with E-state index < -0.39 is 23.6 Å². The second kappa shape index (κ2) is 12.1. The van der Waals surface area contributed by atoms with Gasteiger partial charge in [0.1, 0.15) is 5.82 Å². The first-order valence-corrected chi connectivity index (χ1v) is 10.5. The predicted octanol–water partition coefficient (Wildman–Crippen LogP) is 5.97. The van der Waals surface area contributed by atoms with E-state index in [1.54, 1.807) is 0 Å². The fourth-order valence-corrected chi connectivity index (χ4v) is 3.02. The van der Waals surface area contributed by atoms with Crippen LogP contribution in [-0.4, -0.2) is 25.0 Å². The summed E-state index contributed by atoms with van der Waals surface area (Å²) in [5, 5.41) is 5.25. The molecule has 0 saturated heterocycles. The largest absolute Gasteiger partial charge is 0.416 e. The Bertz CT molecular complexity index is 886. The van der Waals surface area contributed by atoms with Gasteiger partial charge in [0, 0.05) is 30.9 Å². The van der Waals surface area contributed by atoms with E-state index >= 15 is 0 Å². The molecule has 2 aromatic rings. The van der Waals surface area contributed by atoms with Gasteiger partial charge >= 0.3 is 12.2 Å². The van der Waals surface area contributed by atoms with Crippen LogP contribution in [0, 0.1) is 5.82 Å². The molecular formula is C23H27F4N3O2. The smallest absolute Gasteiger partial charge is 0.356 e. The van der Waals surface area contributed by atoms with E-state index in [0.29, 0.717) is 25.1 Å². The Kier molecular flexibility index (Phi) is 9.49. The molecule has 0 radical (unpaired) electrons. The number of hydrogen-bond donors (Lipinski definition) is 2. The van der Waals surface area contributed by atoms with Crippen molar-refractivity contribution in [3.05, 3.63) is 59.9 Å². The highest BCUT2D eigenvalue weighted by molar-refractivity contribution is 6.01. The molecule has 0 fully saturated rings. The summed E-state index contributed by atoms with van der Waals surface area (Å²) < 4.78 is 52.1. The molecular weight excluding hydrogens is 426 g/mol. The second-order valence-electron chi connectivity index (χ2n) is 7.30. The molecule has 0 unspecified atom stereocenters. The summed E-state index contributed by atoms with van der Waals surface area (Å²) >= 11 is 0. The van der Waals surface area contributed by atoms with Gasteiger partial charge in [-0.05, 0) is 55.3 Å². The summed E-state index contributed by atoms with van der Waals surface area (Å²) in [6.07, 6.45) is -0.892. The molecule has 2 N–H and O–H groups in total. The number of carbonyl (C=O) groups is 2. The van der Waals surface area contributed by atoms with Crippen LogP contribution in [-0.2, 0) is 11.0 Å². The van der Waals surface area contributed by atoms with Gasteiger partial charge in [-0.2, -0.15) is 13.2 Å². The third-order valence-corrected chi connectivity index (χ3v) is 4.71. The monoisotopic (exact) mass is 453 g/mol. The first-order valence-electron chi connectivity index (χ1n) is 10.5. The predicted molar refractivity (Wildman–Crippen MR) is 116 cm³/mol. The van der Waals surface area contributed by atoms with E-state index in [4.69, 9.17) is 0 Å². The fraction of sp³-hybridized carbons (Fsp3) is 0.391. The van der Waals surface area contributed by atoms with Crippen molar-refractivity contribution in [2.75, 3.05) is 23.3 Å². The van der Waals surface area contributed by atoms with E-state index in [0.717, 1.165) is 31.4 Å². The molecule has 0 aliphatic heterocycles. The highest BCUT2D eigenvalue weighted by Gasteiger charge is 2.30. The Morgan fingerprint density at radius 3 is 2.38 bits per heavy atom. The van der Waals surface area contributed by atoms with Gasteiger partial charge in [0.25, 0.3) is 0 Å². The third kappa shape index (κ3) is 8.20. The number of nitrogens with zero attached hydrogens (tertiary/aromatic N) is 1. The molecule has 0 aromatic heterocycles. The average Bonchev–Trinajstić information content (AvgIpc) is 2.74. The van der Waals surface area contributed by atoms with E-state index in [2.05, 4.69) is 10.6 Å². The minimum absolute atomic E-state index is 0.0128. The molecule has 2 aromatic carbocycles.